The second-order valence-electron chi connectivity index (χ2n) is 3.54. The molecule has 0 saturated carbocycles. The average molecular weight is 250 g/mol. The third-order valence-electron chi connectivity index (χ3n) is 2.05. The van der Waals surface area contributed by atoms with E-state index in [1.165, 1.54) is 15.3 Å². The summed E-state index contributed by atoms with van der Waals surface area (Å²) in [4.78, 5) is 0. The van der Waals surface area contributed by atoms with Crippen LogP contribution in [-0.4, -0.2) is 5.75 Å². The summed E-state index contributed by atoms with van der Waals surface area (Å²) in [6.07, 6.45) is 10.6. The second kappa shape index (κ2) is 7.53. The van der Waals surface area contributed by atoms with Gasteiger partial charge in [-0.3, -0.25) is 0 Å². The fraction of sp³-hybridized carbons (Fsp3) is 0.286. The molecule has 0 saturated heterocycles. The van der Waals surface area contributed by atoms with Gasteiger partial charge in [0.2, 0.25) is 0 Å². The molecular weight excluding hydrogens is 232 g/mol. The Bertz CT molecular complexity index is 395. The molecule has 0 amide bonds. The minimum Gasteiger partial charge on any atom is -0.137 e. The van der Waals surface area contributed by atoms with Gasteiger partial charge in [-0.1, -0.05) is 36.0 Å². The molecule has 86 valence electrons. The molecule has 0 bridgehead atoms. The molecule has 0 nitrogen and oxygen atoms in total. The normalized spacial score (nSPS) is 13.1. The molecule has 0 aliphatic carbocycles. The van der Waals surface area contributed by atoms with E-state index in [2.05, 4.69) is 55.7 Å². The van der Waals surface area contributed by atoms with Crippen LogP contribution in [0.4, 0.5) is 0 Å². The summed E-state index contributed by atoms with van der Waals surface area (Å²) in [6.45, 7) is 6.32. The van der Waals surface area contributed by atoms with Crippen LogP contribution in [0, 0.1) is 6.92 Å². The number of rotatable bonds is 5. The predicted molar refractivity (Wildman–Crippen MR) is 77.5 cm³/mol. The number of allylic oxidation sites excluding steroid dienone is 5. The third kappa shape index (κ3) is 4.86. The maximum Gasteiger partial charge on any atom is 0.0630 e. The highest BCUT2D eigenvalue weighted by atomic mass is 32.2. The van der Waals surface area contributed by atoms with Gasteiger partial charge >= 0.3 is 0 Å². The van der Waals surface area contributed by atoms with Crippen molar-refractivity contribution in [3.05, 3.63) is 53.0 Å². The first-order valence-corrected chi connectivity index (χ1v) is 7.23. The lowest BCUT2D eigenvalue weighted by atomic mass is 10.2. The summed E-state index contributed by atoms with van der Waals surface area (Å²) in [5, 5.41) is 2.15. The Labute approximate surface area is 107 Å². The van der Waals surface area contributed by atoms with Crippen LogP contribution in [0.25, 0.3) is 0 Å². The van der Waals surface area contributed by atoms with E-state index in [4.69, 9.17) is 0 Å². The summed E-state index contributed by atoms with van der Waals surface area (Å²) >= 11 is 3.73. The first-order valence-electron chi connectivity index (χ1n) is 5.37. The molecule has 0 spiro atoms. The number of thiophene rings is 1. The molecule has 0 aromatic carbocycles. The molecule has 1 aromatic heterocycles. The Balaban J connectivity index is 2.33. The number of hydrogen-bond donors (Lipinski definition) is 0. The van der Waals surface area contributed by atoms with Gasteiger partial charge in [0, 0.05) is 5.75 Å². The van der Waals surface area contributed by atoms with Gasteiger partial charge in [0.1, 0.15) is 0 Å². The van der Waals surface area contributed by atoms with Gasteiger partial charge in [-0.15, -0.1) is 23.1 Å². The fourth-order valence-corrected chi connectivity index (χ4v) is 3.17. The lowest BCUT2D eigenvalue weighted by Gasteiger charge is -1.94. The zero-order chi connectivity index (χ0) is 11.8. The molecule has 0 radical (unpaired) electrons. The Morgan fingerprint density at radius 3 is 2.94 bits per heavy atom. The van der Waals surface area contributed by atoms with Gasteiger partial charge in [0.25, 0.3) is 0 Å². The SMILES string of the molecule is C\C=C/C(C)=C\C=C\CSc1sccc1C. The van der Waals surface area contributed by atoms with Crippen LogP contribution in [-0.2, 0) is 0 Å². The van der Waals surface area contributed by atoms with Gasteiger partial charge < -0.3 is 0 Å². The van der Waals surface area contributed by atoms with Gasteiger partial charge in [-0.25, -0.2) is 0 Å². The monoisotopic (exact) mass is 250 g/mol. The van der Waals surface area contributed by atoms with E-state index in [1.54, 1.807) is 0 Å². The van der Waals surface area contributed by atoms with Crippen LogP contribution >= 0.6 is 23.1 Å². The van der Waals surface area contributed by atoms with E-state index >= 15 is 0 Å². The highest BCUT2D eigenvalue weighted by molar-refractivity contribution is 8.01. The summed E-state index contributed by atoms with van der Waals surface area (Å²) in [6, 6.07) is 2.17. The van der Waals surface area contributed by atoms with Crippen molar-refractivity contribution in [3.8, 4) is 0 Å². The topological polar surface area (TPSA) is 0 Å². The quantitative estimate of drug-likeness (QED) is 0.509. The highest BCUT2D eigenvalue weighted by Crippen LogP contribution is 2.27. The first-order chi connectivity index (χ1) is 7.74. The number of thioether (sulfide) groups is 1. The molecule has 16 heavy (non-hydrogen) atoms. The summed E-state index contributed by atoms with van der Waals surface area (Å²) in [5.74, 6) is 1.04. The molecule has 1 aromatic rings. The molecular formula is C14H18S2. The van der Waals surface area contributed by atoms with Crippen LogP contribution in [0.1, 0.15) is 19.4 Å². The van der Waals surface area contributed by atoms with E-state index < -0.39 is 0 Å². The molecule has 1 heterocycles. The minimum atomic E-state index is 1.04. The summed E-state index contributed by atoms with van der Waals surface area (Å²) < 4.78 is 1.43. The lowest BCUT2D eigenvalue weighted by Crippen LogP contribution is -1.72. The summed E-state index contributed by atoms with van der Waals surface area (Å²) in [7, 11) is 0. The van der Waals surface area contributed by atoms with E-state index in [0.717, 1.165) is 5.75 Å². The van der Waals surface area contributed by atoms with Gasteiger partial charge in [0.15, 0.2) is 0 Å². The standard InChI is InChI=1S/C14H18S2/c1-4-7-12(2)8-5-6-10-15-14-13(3)9-11-16-14/h4-9,11H,10H2,1-3H3/b6-5+,7-4-,12-8-. The maximum absolute atomic E-state index is 2.21. The number of aryl methyl sites for hydroxylation is 1. The Kier molecular flexibility index (Phi) is 6.27. The smallest absolute Gasteiger partial charge is 0.0630 e. The van der Waals surface area contributed by atoms with Crippen molar-refractivity contribution in [2.45, 2.75) is 25.0 Å². The Hall–Kier alpha value is -0.730. The minimum absolute atomic E-state index is 1.04. The molecule has 0 atom stereocenters. The van der Waals surface area contributed by atoms with Crippen molar-refractivity contribution >= 4 is 23.1 Å². The largest absolute Gasteiger partial charge is 0.137 e. The zero-order valence-corrected chi connectivity index (χ0v) is 11.7. The van der Waals surface area contributed by atoms with Gasteiger partial charge in [-0.05, 0) is 37.8 Å². The van der Waals surface area contributed by atoms with Crippen LogP contribution < -0.4 is 0 Å². The molecule has 1 rings (SSSR count). The zero-order valence-electron chi connectivity index (χ0n) is 10.1. The highest BCUT2D eigenvalue weighted by Gasteiger charge is 1.97. The lowest BCUT2D eigenvalue weighted by molar-refractivity contribution is 1.43. The molecule has 0 aliphatic heterocycles. The Morgan fingerprint density at radius 1 is 1.50 bits per heavy atom. The fourth-order valence-electron chi connectivity index (χ4n) is 1.22. The van der Waals surface area contributed by atoms with Crippen molar-refractivity contribution in [2.24, 2.45) is 0 Å². The maximum atomic E-state index is 2.21. The molecule has 2 heteroatoms. The molecule has 0 N–H and O–H groups in total. The van der Waals surface area contributed by atoms with Crippen molar-refractivity contribution in [3.63, 3.8) is 0 Å². The van der Waals surface area contributed by atoms with E-state index in [1.807, 2.05) is 30.0 Å². The van der Waals surface area contributed by atoms with Gasteiger partial charge in [0.05, 0.1) is 4.21 Å². The second-order valence-corrected chi connectivity index (χ2v) is 5.75. The van der Waals surface area contributed by atoms with E-state index in [0.29, 0.717) is 0 Å². The van der Waals surface area contributed by atoms with Crippen LogP contribution in [0.5, 0.6) is 0 Å². The van der Waals surface area contributed by atoms with Crippen molar-refractivity contribution in [1.29, 1.82) is 0 Å². The van der Waals surface area contributed by atoms with Crippen LogP contribution in [0.3, 0.4) is 0 Å². The van der Waals surface area contributed by atoms with E-state index in [-0.39, 0.29) is 0 Å². The van der Waals surface area contributed by atoms with E-state index in [9.17, 15) is 0 Å². The predicted octanol–water partition coefficient (Wildman–Crippen LogP) is 5.23. The first kappa shape index (κ1) is 13.3. The number of hydrogen-bond acceptors (Lipinski definition) is 2. The van der Waals surface area contributed by atoms with Crippen molar-refractivity contribution in [2.75, 3.05) is 5.75 Å². The molecule has 0 fully saturated rings. The van der Waals surface area contributed by atoms with Gasteiger partial charge in [-0.2, -0.15) is 0 Å². The molecule has 0 unspecified atom stereocenters. The van der Waals surface area contributed by atoms with Crippen LogP contribution in [0.2, 0.25) is 0 Å². The third-order valence-corrected chi connectivity index (χ3v) is 4.44. The van der Waals surface area contributed by atoms with Crippen LogP contribution in [0.15, 0.2) is 51.6 Å². The average Bonchev–Trinajstić information content (AvgIpc) is 2.64. The Morgan fingerprint density at radius 2 is 2.31 bits per heavy atom. The van der Waals surface area contributed by atoms with Crippen molar-refractivity contribution < 1.29 is 0 Å². The molecule has 0 aliphatic rings. The van der Waals surface area contributed by atoms with Crippen molar-refractivity contribution in [1.82, 2.24) is 0 Å². The summed E-state index contributed by atoms with van der Waals surface area (Å²) in [5.41, 5.74) is 2.68.